The maximum absolute atomic E-state index is 11.7. The van der Waals surface area contributed by atoms with Crippen LogP contribution in [0.25, 0.3) is 0 Å². The van der Waals surface area contributed by atoms with Crippen LogP contribution in [-0.2, 0) is 10.0 Å². The van der Waals surface area contributed by atoms with Gasteiger partial charge in [-0.2, -0.15) is 0 Å². The minimum absolute atomic E-state index is 0.00241. The van der Waals surface area contributed by atoms with Gasteiger partial charge in [-0.15, -0.1) is 0 Å². The normalized spacial score (nSPS) is 11.3. The van der Waals surface area contributed by atoms with Gasteiger partial charge in [0.1, 0.15) is 4.90 Å². The molecule has 1 aromatic rings. The van der Waals surface area contributed by atoms with Crippen LogP contribution in [0.3, 0.4) is 0 Å². The lowest BCUT2D eigenvalue weighted by Gasteiger charge is -2.07. The van der Waals surface area contributed by atoms with Crippen molar-refractivity contribution in [2.75, 3.05) is 6.54 Å². The lowest BCUT2D eigenvalue weighted by molar-refractivity contribution is 0.0953. The molecule has 0 saturated carbocycles. The number of carbonyl (C=O) groups excluding carboxylic acids is 1. The number of sulfonamides is 1. The molecular formula is C11H15ClN2O3S. The number of rotatable bonds is 5. The third-order valence-electron chi connectivity index (χ3n) is 2.32. The number of carbonyl (C=O) groups is 1. The van der Waals surface area contributed by atoms with Gasteiger partial charge in [0.05, 0.1) is 5.02 Å². The van der Waals surface area contributed by atoms with E-state index in [0.29, 0.717) is 6.54 Å². The highest BCUT2D eigenvalue weighted by atomic mass is 35.5. The first kappa shape index (κ1) is 14.9. The summed E-state index contributed by atoms with van der Waals surface area (Å²) in [7, 11) is -3.93. The van der Waals surface area contributed by atoms with Crippen LogP contribution >= 0.6 is 11.6 Å². The van der Waals surface area contributed by atoms with Gasteiger partial charge in [0, 0.05) is 12.1 Å². The summed E-state index contributed by atoms with van der Waals surface area (Å²) in [5.41, 5.74) is 0.222. The quantitative estimate of drug-likeness (QED) is 0.806. The lowest BCUT2D eigenvalue weighted by atomic mass is 10.2. The molecule has 100 valence electrons. The number of nitrogens with one attached hydrogen (secondary N) is 1. The maximum Gasteiger partial charge on any atom is 0.251 e. The van der Waals surface area contributed by atoms with Gasteiger partial charge < -0.3 is 5.32 Å². The molecule has 1 aromatic carbocycles. The Labute approximate surface area is 111 Å². The fourth-order valence-corrected chi connectivity index (χ4v) is 2.41. The van der Waals surface area contributed by atoms with E-state index in [1.807, 2.05) is 6.92 Å². The molecule has 0 atom stereocenters. The van der Waals surface area contributed by atoms with E-state index < -0.39 is 10.0 Å². The van der Waals surface area contributed by atoms with Crippen LogP contribution in [0, 0.1) is 0 Å². The van der Waals surface area contributed by atoms with Crippen LogP contribution < -0.4 is 10.5 Å². The molecule has 0 heterocycles. The van der Waals surface area contributed by atoms with Crippen molar-refractivity contribution in [2.24, 2.45) is 5.14 Å². The number of hydrogen-bond donors (Lipinski definition) is 2. The Balaban J connectivity index is 2.95. The van der Waals surface area contributed by atoms with Gasteiger partial charge in [-0.1, -0.05) is 24.9 Å². The van der Waals surface area contributed by atoms with Crippen LogP contribution in [0.1, 0.15) is 30.1 Å². The highest BCUT2D eigenvalue weighted by Gasteiger charge is 2.16. The van der Waals surface area contributed by atoms with Gasteiger partial charge >= 0.3 is 0 Å². The number of unbranched alkanes of at least 4 members (excludes halogenated alkanes) is 1. The van der Waals surface area contributed by atoms with E-state index in [1.165, 1.54) is 18.2 Å². The van der Waals surface area contributed by atoms with Gasteiger partial charge in [-0.3, -0.25) is 4.79 Å². The van der Waals surface area contributed by atoms with Crippen molar-refractivity contribution in [3.63, 3.8) is 0 Å². The van der Waals surface area contributed by atoms with Crippen molar-refractivity contribution in [3.05, 3.63) is 28.8 Å². The fraction of sp³-hybridized carbons (Fsp3) is 0.364. The first-order valence-corrected chi connectivity index (χ1v) is 7.39. The Kier molecular flexibility index (Phi) is 5.13. The first-order valence-electron chi connectivity index (χ1n) is 5.46. The molecule has 1 rings (SSSR count). The van der Waals surface area contributed by atoms with E-state index in [0.717, 1.165) is 12.8 Å². The van der Waals surface area contributed by atoms with E-state index in [1.54, 1.807) is 0 Å². The van der Waals surface area contributed by atoms with Crippen LogP contribution in [0.4, 0.5) is 0 Å². The van der Waals surface area contributed by atoms with Gasteiger partial charge in [0.25, 0.3) is 5.91 Å². The van der Waals surface area contributed by atoms with E-state index in [2.05, 4.69) is 5.32 Å². The minimum atomic E-state index is -3.93. The summed E-state index contributed by atoms with van der Waals surface area (Å²) in [6, 6.07) is 3.98. The Hall–Kier alpha value is -1.11. The van der Waals surface area contributed by atoms with E-state index in [-0.39, 0.29) is 21.4 Å². The van der Waals surface area contributed by atoms with Gasteiger partial charge in [0.2, 0.25) is 10.0 Å². The Morgan fingerprint density at radius 1 is 1.44 bits per heavy atom. The van der Waals surface area contributed by atoms with Crippen LogP contribution in [0.5, 0.6) is 0 Å². The predicted octanol–water partition coefficient (Wildman–Crippen LogP) is 1.52. The number of benzene rings is 1. The second-order valence-corrected chi connectivity index (χ2v) is 5.74. The largest absolute Gasteiger partial charge is 0.352 e. The molecule has 0 fully saturated rings. The zero-order chi connectivity index (χ0) is 13.8. The number of hydrogen-bond acceptors (Lipinski definition) is 3. The minimum Gasteiger partial charge on any atom is -0.352 e. The SMILES string of the molecule is CCCCNC(=O)c1ccc(Cl)c(S(N)(=O)=O)c1. The van der Waals surface area contributed by atoms with E-state index in [9.17, 15) is 13.2 Å². The molecule has 0 saturated heterocycles. The van der Waals surface area contributed by atoms with Gasteiger partial charge in [-0.05, 0) is 24.6 Å². The lowest BCUT2D eigenvalue weighted by Crippen LogP contribution is -2.24. The first-order chi connectivity index (χ1) is 8.36. The summed E-state index contributed by atoms with van der Waals surface area (Å²) in [5, 5.41) is 7.69. The van der Waals surface area contributed by atoms with Crippen molar-refractivity contribution in [1.29, 1.82) is 0 Å². The monoisotopic (exact) mass is 290 g/mol. The third kappa shape index (κ3) is 3.97. The summed E-state index contributed by atoms with van der Waals surface area (Å²) in [6.07, 6.45) is 1.82. The number of primary sulfonamides is 1. The number of nitrogens with two attached hydrogens (primary N) is 1. The smallest absolute Gasteiger partial charge is 0.251 e. The zero-order valence-corrected chi connectivity index (χ0v) is 11.5. The highest BCUT2D eigenvalue weighted by Crippen LogP contribution is 2.21. The van der Waals surface area contributed by atoms with Crippen LogP contribution in [0.15, 0.2) is 23.1 Å². The van der Waals surface area contributed by atoms with Crippen molar-refractivity contribution in [3.8, 4) is 0 Å². The van der Waals surface area contributed by atoms with Gasteiger partial charge in [0.15, 0.2) is 0 Å². The molecule has 0 unspecified atom stereocenters. The second-order valence-electron chi connectivity index (χ2n) is 3.80. The Bertz CT molecular complexity index is 543. The molecule has 3 N–H and O–H groups in total. The molecule has 18 heavy (non-hydrogen) atoms. The standard InChI is InChI=1S/C11H15ClN2O3S/c1-2-3-6-14-11(15)8-4-5-9(12)10(7-8)18(13,16)17/h4-5,7H,2-3,6H2,1H3,(H,14,15)(H2,13,16,17). The molecule has 0 aliphatic heterocycles. The van der Waals surface area contributed by atoms with Crippen molar-refractivity contribution in [1.82, 2.24) is 5.32 Å². The van der Waals surface area contributed by atoms with Crippen molar-refractivity contribution < 1.29 is 13.2 Å². The summed E-state index contributed by atoms with van der Waals surface area (Å²) >= 11 is 5.72. The van der Waals surface area contributed by atoms with Crippen molar-refractivity contribution >= 4 is 27.5 Å². The zero-order valence-electron chi connectivity index (χ0n) is 9.94. The summed E-state index contributed by atoms with van der Waals surface area (Å²) < 4.78 is 22.5. The molecule has 1 amide bonds. The second kappa shape index (κ2) is 6.17. The Morgan fingerprint density at radius 3 is 2.67 bits per heavy atom. The highest BCUT2D eigenvalue weighted by molar-refractivity contribution is 7.89. The number of amides is 1. The molecular weight excluding hydrogens is 276 g/mol. The summed E-state index contributed by atoms with van der Waals surface area (Å²) in [6.45, 7) is 2.55. The average molecular weight is 291 g/mol. The fourth-order valence-electron chi connectivity index (χ4n) is 1.34. The predicted molar refractivity (Wildman–Crippen MR) is 70.1 cm³/mol. The topological polar surface area (TPSA) is 89.3 Å². The van der Waals surface area contributed by atoms with Gasteiger partial charge in [-0.25, -0.2) is 13.6 Å². The van der Waals surface area contributed by atoms with Crippen molar-refractivity contribution in [2.45, 2.75) is 24.7 Å². The third-order valence-corrected chi connectivity index (χ3v) is 3.71. The maximum atomic E-state index is 11.7. The Morgan fingerprint density at radius 2 is 2.11 bits per heavy atom. The molecule has 0 bridgehead atoms. The van der Waals surface area contributed by atoms with Crippen LogP contribution in [0.2, 0.25) is 5.02 Å². The molecule has 5 nitrogen and oxygen atoms in total. The average Bonchev–Trinajstić information content (AvgIpc) is 2.28. The summed E-state index contributed by atoms with van der Waals surface area (Å²) in [5.74, 6) is -0.343. The molecule has 0 aliphatic rings. The molecule has 0 aromatic heterocycles. The number of halogens is 1. The van der Waals surface area contributed by atoms with E-state index in [4.69, 9.17) is 16.7 Å². The summed E-state index contributed by atoms with van der Waals surface area (Å²) in [4.78, 5) is 11.5. The molecule has 0 radical (unpaired) electrons. The molecule has 0 spiro atoms. The molecule has 0 aliphatic carbocycles. The molecule has 7 heteroatoms. The van der Waals surface area contributed by atoms with E-state index >= 15 is 0 Å². The van der Waals surface area contributed by atoms with Crippen LogP contribution in [-0.4, -0.2) is 20.9 Å².